The van der Waals surface area contributed by atoms with Gasteiger partial charge in [0, 0.05) is 18.5 Å². The molecule has 0 aliphatic heterocycles. The second kappa shape index (κ2) is 5.69. The Bertz CT molecular complexity index is 411. The highest BCUT2D eigenvalue weighted by molar-refractivity contribution is 7.13. The number of rotatable bonds is 6. The van der Waals surface area contributed by atoms with Crippen molar-refractivity contribution in [2.45, 2.75) is 52.0 Å². The summed E-state index contributed by atoms with van der Waals surface area (Å²) in [5.74, 6) is -0.843. The summed E-state index contributed by atoms with van der Waals surface area (Å²) >= 11 is 1.51. The smallest absolute Gasteiger partial charge is 0.315 e. The third-order valence-electron chi connectivity index (χ3n) is 3.46. The third-order valence-corrected chi connectivity index (χ3v) is 4.39. The topological polar surface area (TPSA) is 53.4 Å². The van der Waals surface area contributed by atoms with E-state index >= 15 is 0 Å². The van der Waals surface area contributed by atoms with E-state index in [2.05, 4.69) is 23.7 Å². The molecule has 102 valence electrons. The van der Waals surface area contributed by atoms with E-state index < -0.39 is 11.4 Å². The lowest BCUT2D eigenvalue weighted by Crippen LogP contribution is -2.31. The monoisotopic (exact) mass is 270 g/mol. The quantitative estimate of drug-likeness (QED) is 0.863. The minimum Gasteiger partial charge on any atom is -0.481 e. The van der Waals surface area contributed by atoms with Crippen LogP contribution in [0.4, 0.5) is 5.13 Å². The summed E-state index contributed by atoms with van der Waals surface area (Å²) < 4.78 is 0. The Labute approximate surface area is 113 Å². The Kier molecular flexibility index (Phi) is 4.73. The van der Waals surface area contributed by atoms with Crippen molar-refractivity contribution in [1.82, 2.24) is 4.98 Å². The molecule has 0 unspecified atom stereocenters. The van der Waals surface area contributed by atoms with E-state index in [9.17, 15) is 9.90 Å². The SMILES string of the molecule is CCC(CC)N(C)c1nc(C(C)(C)C(=O)O)cs1. The number of thiazole rings is 1. The van der Waals surface area contributed by atoms with Crippen LogP contribution in [-0.4, -0.2) is 29.1 Å². The minimum atomic E-state index is -0.927. The first-order chi connectivity index (χ1) is 8.34. The molecule has 0 aliphatic carbocycles. The molecule has 0 radical (unpaired) electrons. The van der Waals surface area contributed by atoms with Crippen LogP contribution in [0.25, 0.3) is 0 Å². The number of aliphatic carboxylic acids is 1. The molecular formula is C13H22N2O2S. The van der Waals surface area contributed by atoms with Crippen molar-refractivity contribution >= 4 is 22.4 Å². The van der Waals surface area contributed by atoms with Gasteiger partial charge in [-0.3, -0.25) is 4.79 Å². The number of aromatic nitrogens is 1. The van der Waals surface area contributed by atoms with Crippen LogP contribution in [0.2, 0.25) is 0 Å². The molecule has 0 spiro atoms. The molecule has 1 rings (SSSR count). The molecule has 0 atom stereocenters. The standard InChI is InChI=1S/C13H22N2O2S/c1-6-9(7-2)15(5)12-14-10(8-18-12)13(3,4)11(16)17/h8-9H,6-7H2,1-5H3,(H,16,17). The fourth-order valence-corrected chi connectivity index (χ4v) is 2.85. The van der Waals surface area contributed by atoms with Gasteiger partial charge in [0.25, 0.3) is 0 Å². The van der Waals surface area contributed by atoms with E-state index in [0.717, 1.165) is 18.0 Å². The van der Waals surface area contributed by atoms with Crippen molar-refractivity contribution in [1.29, 1.82) is 0 Å². The zero-order chi connectivity index (χ0) is 13.9. The van der Waals surface area contributed by atoms with Gasteiger partial charge >= 0.3 is 5.97 Å². The van der Waals surface area contributed by atoms with Gasteiger partial charge in [0.05, 0.1) is 5.69 Å². The van der Waals surface area contributed by atoms with E-state index in [4.69, 9.17) is 0 Å². The Morgan fingerprint density at radius 1 is 1.50 bits per heavy atom. The van der Waals surface area contributed by atoms with E-state index in [0.29, 0.717) is 11.7 Å². The average Bonchev–Trinajstić information content (AvgIpc) is 2.80. The zero-order valence-electron chi connectivity index (χ0n) is 11.7. The lowest BCUT2D eigenvalue weighted by molar-refractivity contribution is -0.142. The molecular weight excluding hydrogens is 248 g/mol. The molecule has 4 nitrogen and oxygen atoms in total. The molecule has 0 aromatic carbocycles. The van der Waals surface area contributed by atoms with E-state index in [1.165, 1.54) is 11.3 Å². The Morgan fingerprint density at radius 2 is 2.06 bits per heavy atom. The number of carboxylic acids is 1. The lowest BCUT2D eigenvalue weighted by Gasteiger charge is -2.25. The van der Waals surface area contributed by atoms with Crippen LogP contribution < -0.4 is 4.90 Å². The van der Waals surface area contributed by atoms with Crippen molar-refractivity contribution in [2.24, 2.45) is 0 Å². The minimum absolute atomic E-state index is 0.456. The predicted molar refractivity (Wildman–Crippen MR) is 75.5 cm³/mol. The summed E-state index contributed by atoms with van der Waals surface area (Å²) in [7, 11) is 2.02. The maximum absolute atomic E-state index is 11.2. The molecule has 0 fully saturated rings. The molecule has 0 bridgehead atoms. The fourth-order valence-electron chi connectivity index (χ4n) is 1.82. The molecule has 0 amide bonds. The van der Waals surface area contributed by atoms with Crippen molar-refractivity contribution < 1.29 is 9.90 Å². The Morgan fingerprint density at radius 3 is 2.50 bits per heavy atom. The number of hydrogen-bond donors (Lipinski definition) is 1. The van der Waals surface area contributed by atoms with Crippen LogP contribution >= 0.6 is 11.3 Å². The second-order valence-corrected chi connectivity index (χ2v) is 5.86. The van der Waals surface area contributed by atoms with Crippen LogP contribution in [0.15, 0.2) is 5.38 Å². The van der Waals surface area contributed by atoms with Gasteiger partial charge in [-0.05, 0) is 26.7 Å². The molecule has 1 aromatic heterocycles. The van der Waals surface area contributed by atoms with Crippen molar-refractivity contribution in [2.75, 3.05) is 11.9 Å². The first-order valence-corrected chi connectivity index (χ1v) is 7.14. The van der Waals surface area contributed by atoms with Gasteiger partial charge < -0.3 is 10.0 Å². The number of carbonyl (C=O) groups is 1. The summed E-state index contributed by atoms with van der Waals surface area (Å²) in [4.78, 5) is 17.8. The lowest BCUT2D eigenvalue weighted by atomic mass is 9.90. The predicted octanol–water partition coefficient (Wildman–Crippen LogP) is 3.13. The molecule has 1 aromatic rings. The molecule has 0 saturated heterocycles. The van der Waals surface area contributed by atoms with Crippen LogP contribution in [0, 0.1) is 0 Å². The summed E-state index contributed by atoms with van der Waals surface area (Å²) in [6.45, 7) is 7.68. The molecule has 18 heavy (non-hydrogen) atoms. The summed E-state index contributed by atoms with van der Waals surface area (Å²) in [6, 6.07) is 0.456. The first kappa shape index (κ1) is 15.0. The maximum atomic E-state index is 11.2. The van der Waals surface area contributed by atoms with Gasteiger partial charge in [-0.15, -0.1) is 11.3 Å². The fraction of sp³-hybridized carbons (Fsp3) is 0.692. The Hall–Kier alpha value is -1.10. The summed E-state index contributed by atoms with van der Waals surface area (Å²) in [6.07, 6.45) is 2.12. The van der Waals surface area contributed by atoms with Crippen molar-refractivity contribution in [3.63, 3.8) is 0 Å². The number of nitrogens with zero attached hydrogens (tertiary/aromatic N) is 2. The molecule has 0 aliphatic rings. The average molecular weight is 270 g/mol. The molecule has 1 N–H and O–H groups in total. The third kappa shape index (κ3) is 2.83. The van der Waals surface area contributed by atoms with Gasteiger partial charge in [0.15, 0.2) is 5.13 Å². The van der Waals surface area contributed by atoms with E-state index in [-0.39, 0.29) is 0 Å². The van der Waals surface area contributed by atoms with Gasteiger partial charge in [-0.2, -0.15) is 0 Å². The van der Waals surface area contributed by atoms with Crippen molar-refractivity contribution in [3.05, 3.63) is 11.1 Å². The molecule has 5 heteroatoms. The van der Waals surface area contributed by atoms with Gasteiger partial charge in [0.2, 0.25) is 0 Å². The van der Waals surface area contributed by atoms with Crippen LogP contribution in [-0.2, 0) is 10.2 Å². The molecule has 0 saturated carbocycles. The normalized spacial score (nSPS) is 11.9. The van der Waals surface area contributed by atoms with Gasteiger partial charge in [-0.1, -0.05) is 13.8 Å². The number of carboxylic acid groups (broad SMARTS) is 1. The number of anilines is 1. The highest BCUT2D eigenvalue weighted by atomic mass is 32.1. The van der Waals surface area contributed by atoms with E-state index in [1.807, 2.05) is 12.4 Å². The van der Waals surface area contributed by atoms with Crippen LogP contribution in [0.3, 0.4) is 0 Å². The highest BCUT2D eigenvalue weighted by Gasteiger charge is 2.32. The van der Waals surface area contributed by atoms with Gasteiger partial charge in [0.1, 0.15) is 5.41 Å². The van der Waals surface area contributed by atoms with Crippen LogP contribution in [0.5, 0.6) is 0 Å². The van der Waals surface area contributed by atoms with E-state index in [1.54, 1.807) is 13.8 Å². The zero-order valence-corrected chi connectivity index (χ0v) is 12.5. The largest absolute Gasteiger partial charge is 0.481 e. The van der Waals surface area contributed by atoms with Gasteiger partial charge in [-0.25, -0.2) is 4.98 Å². The Balaban J connectivity index is 2.96. The van der Waals surface area contributed by atoms with Crippen LogP contribution in [0.1, 0.15) is 46.2 Å². The highest BCUT2D eigenvalue weighted by Crippen LogP contribution is 2.30. The molecule has 1 heterocycles. The van der Waals surface area contributed by atoms with Crippen molar-refractivity contribution in [3.8, 4) is 0 Å². The number of hydrogen-bond acceptors (Lipinski definition) is 4. The maximum Gasteiger partial charge on any atom is 0.315 e. The second-order valence-electron chi connectivity index (χ2n) is 5.03. The summed E-state index contributed by atoms with van der Waals surface area (Å²) in [5, 5.41) is 11.9. The summed E-state index contributed by atoms with van der Waals surface area (Å²) in [5.41, 5.74) is -0.295. The first-order valence-electron chi connectivity index (χ1n) is 6.26.